The number of hydrogen-bond acceptors (Lipinski definition) is 3. The van der Waals surface area contributed by atoms with E-state index in [0.717, 1.165) is 29.4 Å². The van der Waals surface area contributed by atoms with Crippen LogP contribution in [0.4, 0.5) is 5.69 Å². The standard InChI is InChI=1S/C14H21ClN2O/c1-10-8-17(9-14(2,3)18-10)13-11(7-16)5-4-6-12(13)15/h4-6,10H,7-9,16H2,1-3H3. The van der Waals surface area contributed by atoms with E-state index < -0.39 is 0 Å². The zero-order valence-corrected chi connectivity index (χ0v) is 12.0. The predicted octanol–water partition coefficient (Wildman–Crippen LogP) is 2.80. The third-order valence-electron chi connectivity index (χ3n) is 3.18. The number of hydrogen-bond donors (Lipinski definition) is 1. The van der Waals surface area contributed by atoms with Crippen molar-refractivity contribution in [3.05, 3.63) is 28.8 Å². The fourth-order valence-corrected chi connectivity index (χ4v) is 3.02. The van der Waals surface area contributed by atoms with Crippen LogP contribution >= 0.6 is 11.6 Å². The highest BCUT2D eigenvalue weighted by Crippen LogP contribution is 2.34. The molecule has 1 unspecified atom stereocenters. The van der Waals surface area contributed by atoms with Crippen molar-refractivity contribution >= 4 is 17.3 Å². The van der Waals surface area contributed by atoms with Crippen LogP contribution in [0.3, 0.4) is 0 Å². The number of ether oxygens (including phenoxy) is 1. The molecule has 3 nitrogen and oxygen atoms in total. The molecule has 1 aromatic carbocycles. The molecule has 1 fully saturated rings. The summed E-state index contributed by atoms with van der Waals surface area (Å²) in [7, 11) is 0. The van der Waals surface area contributed by atoms with Crippen LogP contribution in [0.25, 0.3) is 0 Å². The zero-order chi connectivity index (χ0) is 13.3. The molecule has 0 saturated carbocycles. The third kappa shape index (κ3) is 2.79. The summed E-state index contributed by atoms with van der Waals surface area (Å²) in [6, 6.07) is 5.90. The van der Waals surface area contributed by atoms with E-state index in [4.69, 9.17) is 22.1 Å². The topological polar surface area (TPSA) is 38.5 Å². The highest BCUT2D eigenvalue weighted by Gasteiger charge is 2.32. The van der Waals surface area contributed by atoms with Crippen LogP contribution in [-0.2, 0) is 11.3 Å². The van der Waals surface area contributed by atoms with Gasteiger partial charge < -0.3 is 15.4 Å². The Morgan fingerprint density at radius 3 is 2.83 bits per heavy atom. The van der Waals surface area contributed by atoms with Gasteiger partial charge in [0.15, 0.2) is 0 Å². The van der Waals surface area contributed by atoms with Gasteiger partial charge in [-0.15, -0.1) is 0 Å². The van der Waals surface area contributed by atoms with E-state index >= 15 is 0 Å². The van der Waals surface area contributed by atoms with Crippen LogP contribution < -0.4 is 10.6 Å². The molecule has 2 rings (SSSR count). The van der Waals surface area contributed by atoms with E-state index in [2.05, 4.69) is 25.7 Å². The van der Waals surface area contributed by atoms with Gasteiger partial charge in [0.2, 0.25) is 0 Å². The summed E-state index contributed by atoms with van der Waals surface area (Å²) in [6.07, 6.45) is 0.190. The summed E-state index contributed by atoms with van der Waals surface area (Å²) in [5.41, 5.74) is 7.80. The van der Waals surface area contributed by atoms with E-state index in [1.54, 1.807) is 0 Å². The van der Waals surface area contributed by atoms with Gasteiger partial charge in [-0.05, 0) is 32.4 Å². The predicted molar refractivity (Wildman–Crippen MR) is 76.2 cm³/mol. The van der Waals surface area contributed by atoms with E-state index in [1.807, 2.05) is 18.2 Å². The van der Waals surface area contributed by atoms with Crippen LogP contribution in [0.1, 0.15) is 26.3 Å². The lowest BCUT2D eigenvalue weighted by Gasteiger charge is -2.43. The molecule has 18 heavy (non-hydrogen) atoms. The molecule has 1 aliphatic rings. The van der Waals surface area contributed by atoms with E-state index in [9.17, 15) is 0 Å². The Morgan fingerprint density at radius 2 is 2.22 bits per heavy atom. The second kappa shape index (κ2) is 5.08. The molecule has 1 saturated heterocycles. The molecule has 0 spiro atoms. The quantitative estimate of drug-likeness (QED) is 0.896. The number of benzene rings is 1. The molecule has 1 atom stereocenters. The van der Waals surface area contributed by atoms with E-state index in [0.29, 0.717) is 6.54 Å². The first kappa shape index (κ1) is 13.7. The van der Waals surface area contributed by atoms with Gasteiger partial charge in [-0.2, -0.15) is 0 Å². The SMILES string of the molecule is CC1CN(c2c(Cl)cccc2CN)CC(C)(C)O1. The van der Waals surface area contributed by atoms with Crippen molar-refractivity contribution in [3.8, 4) is 0 Å². The van der Waals surface area contributed by atoms with Gasteiger partial charge in [0.25, 0.3) is 0 Å². The molecule has 0 bridgehead atoms. The number of anilines is 1. The maximum absolute atomic E-state index is 6.34. The van der Waals surface area contributed by atoms with Crippen molar-refractivity contribution < 1.29 is 4.74 Å². The van der Waals surface area contributed by atoms with Crippen LogP contribution in [0.2, 0.25) is 5.02 Å². The molecule has 1 aliphatic heterocycles. The van der Waals surface area contributed by atoms with Gasteiger partial charge >= 0.3 is 0 Å². The second-order valence-electron chi connectivity index (χ2n) is 5.52. The Morgan fingerprint density at radius 1 is 1.50 bits per heavy atom. The molecule has 4 heteroatoms. The van der Waals surface area contributed by atoms with Crippen LogP contribution in [0.5, 0.6) is 0 Å². The van der Waals surface area contributed by atoms with Crippen LogP contribution in [0, 0.1) is 0 Å². The van der Waals surface area contributed by atoms with Gasteiger partial charge in [0.05, 0.1) is 22.4 Å². The molecule has 0 amide bonds. The first-order valence-corrected chi connectivity index (χ1v) is 6.71. The van der Waals surface area contributed by atoms with Crippen molar-refractivity contribution in [1.82, 2.24) is 0 Å². The Bertz CT molecular complexity index is 434. The normalized spacial score (nSPS) is 23.2. The molecule has 2 N–H and O–H groups in total. The first-order valence-electron chi connectivity index (χ1n) is 6.33. The molecular formula is C14H21ClN2O. The summed E-state index contributed by atoms with van der Waals surface area (Å²) in [6.45, 7) is 8.48. The summed E-state index contributed by atoms with van der Waals surface area (Å²) in [5.74, 6) is 0. The Kier molecular flexibility index (Phi) is 3.85. The number of halogens is 1. The average molecular weight is 269 g/mol. The minimum Gasteiger partial charge on any atom is -0.369 e. The monoisotopic (exact) mass is 268 g/mol. The molecule has 1 heterocycles. The van der Waals surface area contributed by atoms with Crippen molar-refractivity contribution in [1.29, 1.82) is 0 Å². The smallest absolute Gasteiger partial charge is 0.0805 e. The molecule has 0 radical (unpaired) electrons. The van der Waals surface area contributed by atoms with Crippen molar-refractivity contribution in [3.63, 3.8) is 0 Å². The first-order chi connectivity index (χ1) is 8.43. The highest BCUT2D eigenvalue weighted by molar-refractivity contribution is 6.33. The molecule has 1 aromatic rings. The van der Waals surface area contributed by atoms with Crippen molar-refractivity contribution in [2.45, 2.75) is 39.0 Å². The third-order valence-corrected chi connectivity index (χ3v) is 3.48. The van der Waals surface area contributed by atoms with E-state index in [-0.39, 0.29) is 11.7 Å². The van der Waals surface area contributed by atoms with Gasteiger partial charge in [-0.3, -0.25) is 0 Å². The second-order valence-corrected chi connectivity index (χ2v) is 5.93. The Hall–Kier alpha value is -0.770. The highest BCUT2D eigenvalue weighted by atomic mass is 35.5. The fraction of sp³-hybridized carbons (Fsp3) is 0.571. The Labute approximate surface area is 114 Å². The minimum atomic E-state index is -0.164. The Balaban J connectivity index is 2.36. The molecular weight excluding hydrogens is 248 g/mol. The minimum absolute atomic E-state index is 0.164. The number of morpholine rings is 1. The van der Waals surface area contributed by atoms with Gasteiger partial charge in [-0.1, -0.05) is 23.7 Å². The maximum atomic E-state index is 6.34. The molecule has 0 aromatic heterocycles. The number of para-hydroxylation sites is 1. The summed E-state index contributed by atoms with van der Waals surface area (Å²) < 4.78 is 5.92. The number of rotatable bonds is 2. The molecule has 100 valence electrons. The van der Waals surface area contributed by atoms with Crippen LogP contribution in [0.15, 0.2) is 18.2 Å². The van der Waals surface area contributed by atoms with Crippen molar-refractivity contribution in [2.24, 2.45) is 5.73 Å². The summed E-state index contributed by atoms with van der Waals surface area (Å²) in [4.78, 5) is 2.29. The summed E-state index contributed by atoms with van der Waals surface area (Å²) >= 11 is 6.34. The number of nitrogens with zero attached hydrogens (tertiary/aromatic N) is 1. The number of nitrogens with two attached hydrogens (primary N) is 1. The largest absolute Gasteiger partial charge is 0.369 e. The van der Waals surface area contributed by atoms with Crippen LogP contribution in [-0.4, -0.2) is 24.8 Å². The van der Waals surface area contributed by atoms with Gasteiger partial charge in [-0.25, -0.2) is 0 Å². The van der Waals surface area contributed by atoms with Gasteiger partial charge in [0, 0.05) is 19.6 Å². The summed E-state index contributed by atoms with van der Waals surface area (Å²) in [5, 5.41) is 0.767. The fourth-order valence-electron chi connectivity index (χ4n) is 2.70. The van der Waals surface area contributed by atoms with Crippen molar-refractivity contribution in [2.75, 3.05) is 18.0 Å². The maximum Gasteiger partial charge on any atom is 0.0805 e. The lowest BCUT2D eigenvalue weighted by Crippen LogP contribution is -2.52. The molecule has 0 aliphatic carbocycles. The zero-order valence-electron chi connectivity index (χ0n) is 11.2. The lowest BCUT2D eigenvalue weighted by atomic mass is 10.0. The lowest BCUT2D eigenvalue weighted by molar-refractivity contribution is -0.0750. The average Bonchev–Trinajstić information content (AvgIpc) is 2.25. The van der Waals surface area contributed by atoms with E-state index in [1.165, 1.54) is 0 Å². The van der Waals surface area contributed by atoms with Gasteiger partial charge in [0.1, 0.15) is 0 Å².